The van der Waals surface area contributed by atoms with Crippen LogP contribution < -0.4 is 14.7 Å². The van der Waals surface area contributed by atoms with E-state index in [0.29, 0.717) is 24.5 Å². The first-order valence-corrected chi connectivity index (χ1v) is 16.7. The lowest BCUT2D eigenvalue weighted by Gasteiger charge is -2.50. The maximum absolute atomic E-state index is 14.9. The first-order valence-electron chi connectivity index (χ1n) is 16.0. The molecule has 0 aromatic heterocycles. The number of hydrogen-bond acceptors (Lipinski definition) is 7. The van der Waals surface area contributed by atoms with Gasteiger partial charge in [-0.2, -0.15) is 0 Å². The van der Waals surface area contributed by atoms with Crippen molar-refractivity contribution in [3.63, 3.8) is 0 Å². The van der Waals surface area contributed by atoms with Gasteiger partial charge in [0.25, 0.3) is 11.8 Å². The summed E-state index contributed by atoms with van der Waals surface area (Å²) < 4.78 is 34.2. The van der Waals surface area contributed by atoms with Gasteiger partial charge in [-0.25, -0.2) is 13.7 Å². The number of phenols is 1. The van der Waals surface area contributed by atoms with Gasteiger partial charge in [0, 0.05) is 24.7 Å². The number of morpholine rings is 1. The number of phenolic OH excluding ortho intramolecular Hbond substituents is 1. The number of aromatic hydroxyl groups is 1. The molecular formula is C36H29Cl2F2N3O6. The molecule has 3 heterocycles. The fourth-order valence-corrected chi connectivity index (χ4v) is 9.30. The van der Waals surface area contributed by atoms with Crippen molar-refractivity contribution < 1.29 is 37.8 Å². The third-order valence-corrected chi connectivity index (χ3v) is 12.1. The number of benzene rings is 3. The van der Waals surface area contributed by atoms with Crippen molar-refractivity contribution in [1.82, 2.24) is 0 Å². The number of carbonyl (C=O) groups excluding carboxylic acids is 4. The molecule has 6 atom stereocenters. The van der Waals surface area contributed by atoms with Crippen LogP contribution in [0.4, 0.5) is 25.8 Å². The maximum Gasteiger partial charge on any atom is 0.258 e. The van der Waals surface area contributed by atoms with E-state index in [1.165, 1.54) is 23.1 Å². The van der Waals surface area contributed by atoms with Crippen LogP contribution in [-0.2, 0) is 23.9 Å². The van der Waals surface area contributed by atoms with Gasteiger partial charge in [-0.15, -0.1) is 23.2 Å². The molecule has 252 valence electrons. The summed E-state index contributed by atoms with van der Waals surface area (Å²) in [6.45, 7) is 2.64. The molecular weight excluding hydrogens is 679 g/mol. The van der Waals surface area contributed by atoms with E-state index < -0.39 is 74.4 Å². The number of halogens is 4. The molecule has 0 radical (unpaired) electrons. The van der Waals surface area contributed by atoms with Crippen LogP contribution in [-0.4, -0.2) is 64.8 Å². The highest BCUT2D eigenvalue weighted by atomic mass is 35.5. The molecule has 49 heavy (non-hydrogen) atoms. The standard InChI is InChI=1S/C36H29Cl2F2N3O6/c37-35-18-26-24(10-11-25-29(26)32(46)42(31(25)45)22-8-6-21(7-9-22)41-13-15-49-16-14-41)30(19-1-12-28(44)27(40)17-19)36(35,38)34(48)43(33(35)47)23-4-2-20(39)3-5-23/h1-10,12,17,25-26,29-30,44H,11,13-16,18H2. The van der Waals surface area contributed by atoms with Crippen molar-refractivity contribution in [3.8, 4) is 5.75 Å². The summed E-state index contributed by atoms with van der Waals surface area (Å²) in [6, 6.07) is 15.4. The molecule has 0 bridgehead atoms. The van der Waals surface area contributed by atoms with Crippen LogP contribution in [0.25, 0.3) is 0 Å². The second-order valence-electron chi connectivity index (χ2n) is 13.1. The number of nitrogens with zero attached hydrogens (tertiary/aromatic N) is 3. The number of rotatable bonds is 4. The van der Waals surface area contributed by atoms with Crippen LogP contribution in [0.5, 0.6) is 5.75 Å². The monoisotopic (exact) mass is 707 g/mol. The Hall–Kier alpha value is -4.32. The average Bonchev–Trinajstić information content (AvgIpc) is 3.44. The molecule has 2 aliphatic carbocycles. The highest BCUT2D eigenvalue weighted by Gasteiger charge is 2.76. The van der Waals surface area contributed by atoms with Gasteiger partial charge in [-0.3, -0.25) is 24.1 Å². The van der Waals surface area contributed by atoms with Crippen molar-refractivity contribution in [2.24, 2.45) is 17.8 Å². The number of ether oxygens (including phenoxy) is 1. The highest BCUT2D eigenvalue weighted by Crippen LogP contribution is 2.66. The SMILES string of the molecule is O=C1C2CC=C3C(CC4(Cl)C(=O)N(c5ccc(F)cc5)C(=O)C4(Cl)C3c3ccc(O)c(F)c3)C2C(=O)N1c1ccc(N2CCOCC2)cc1. The minimum atomic E-state index is -2.21. The third kappa shape index (κ3) is 4.51. The van der Waals surface area contributed by atoms with Gasteiger partial charge < -0.3 is 14.7 Å². The Balaban J connectivity index is 1.21. The average molecular weight is 709 g/mol. The number of anilines is 3. The smallest absolute Gasteiger partial charge is 0.258 e. The zero-order valence-electron chi connectivity index (χ0n) is 25.8. The summed E-state index contributed by atoms with van der Waals surface area (Å²) in [5, 5.41) is 10.00. The number of carbonyl (C=O) groups is 4. The van der Waals surface area contributed by atoms with E-state index in [2.05, 4.69) is 4.90 Å². The lowest BCUT2D eigenvalue weighted by Crippen LogP contribution is -2.60. The number of allylic oxidation sites excluding steroid dienone is 2. The minimum Gasteiger partial charge on any atom is -0.505 e. The molecule has 1 saturated carbocycles. The molecule has 0 spiro atoms. The van der Waals surface area contributed by atoms with Gasteiger partial charge in [0.15, 0.2) is 21.3 Å². The van der Waals surface area contributed by atoms with Crippen molar-refractivity contribution in [1.29, 1.82) is 0 Å². The first-order chi connectivity index (χ1) is 23.5. The van der Waals surface area contributed by atoms with Crippen molar-refractivity contribution >= 4 is 63.9 Å². The van der Waals surface area contributed by atoms with Crippen LogP contribution in [0.15, 0.2) is 78.4 Å². The van der Waals surface area contributed by atoms with Crippen LogP contribution in [0.2, 0.25) is 0 Å². The zero-order valence-corrected chi connectivity index (χ0v) is 27.3. The van der Waals surface area contributed by atoms with E-state index in [1.54, 1.807) is 18.2 Å². The van der Waals surface area contributed by atoms with Gasteiger partial charge in [0.2, 0.25) is 11.8 Å². The highest BCUT2D eigenvalue weighted by molar-refractivity contribution is 6.58. The molecule has 13 heteroatoms. The molecule has 3 aliphatic heterocycles. The van der Waals surface area contributed by atoms with E-state index in [1.807, 2.05) is 12.1 Å². The minimum absolute atomic E-state index is 0.0372. The topological polar surface area (TPSA) is 107 Å². The molecule has 5 aliphatic rings. The van der Waals surface area contributed by atoms with Crippen LogP contribution >= 0.6 is 23.2 Å². The zero-order chi connectivity index (χ0) is 34.4. The van der Waals surface area contributed by atoms with Crippen molar-refractivity contribution in [2.45, 2.75) is 28.5 Å². The number of amides is 4. The van der Waals surface area contributed by atoms with Gasteiger partial charge in [-0.1, -0.05) is 17.7 Å². The third-order valence-electron chi connectivity index (χ3n) is 10.7. The van der Waals surface area contributed by atoms with E-state index in [9.17, 15) is 33.1 Å². The molecule has 9 nitrogen and oxygen atoms in total. The second-order valence-corrected chi connectivity index (χ2v) is 14.3. The van der Waals surface area contributed by atoms with E-state index >= 15 is 0 Å². The summed E-state index contributed by atoms with van der Waals surface area (Å²) in [4.78, 5) is 56.8. The Kier molecular flexibility index (Phi) is 7.40. The van der Waals surface area contributed by atoms with Crippen LogP contribution in [0, 0.1) is 29.4 Å². The normalized spacial score (nSPS) is 31.1. The fourth-order valence-electron chi connectivity index (χ4n) is 8.36. The van der Waals surface area contributed by atoms with Gasteiger partial charge in [0.05, 0.1) is 36.4 Å². The summed E-state index contributed by atoms with van der Waals surface area (Å²) in [5.41, 5.74) is 2.00. The molecule has 3 aromatic rings. The Morgan fingerprint density at radius 2 is 1.41 bits per heavy atom. The lowest BCUT2D eigenvalue weighted by molar-refractivity contribution is -0.125. The fraction of sp³-hybridized carbons (Fsp3) is 0.333. The van der Waals surface area contributed by atoms with Crippen LogP contribution in [0.3, 0.4) is 0 Å². The predicted octanol–water partition coefficient (Wildman–Crippen LogP) is 5.28. The summed E-state index contributed by atoms with van der Waals surface area (Å²) >= 11 is 14.6. The predicted molar refractivity (Wildman–Crippen MR) is 177 cm³/mol. The molecule has 6 unspecified atom stereocenters. The summed E-state index contributed by atoms with van der Waals surface area (Å²) in [6.07, 6.45) is 1.61. The Bertz CT molecular complexity index is 1950. The van der Waals surface area contributed by atoms with Gasteiger partial charge in [0.1, 0.15) is 5.82 Å². The van der Waals surface area contributed by atoms with Crippen molar-refractivity contribution in [3.05, 3.63) is 95.6 Å². The molecule has 3 saturated heterocycles. The van der Waals surface area contributed by atoms with E-state index in [4.69, 9.17) is 27.9 Å². The largest absolute Gasteiger partial charge is 0.505 e. The second kappa shape index (κ2) is 11.4. The first kappa shape index (κ1) is 31.9. The number of imide groups is 2. The van der Waals surface area contributed by atoms with Gasteiger partial charge in [-0.05, 0) is 85.0 Å². The summed E-state index contributed by atoms with van der Waals surface area (Å²) in [7, 11) is 0. The van der Waals surface area contributed by atoms with Crippen LogP contribution in [0.1, 0.15) is 24.3 Å². The Morgan fingerprint density at radius 3 is 2.08 bits per heavy atom. The van der Waals surface area contributed by atoms with Gasteiger partial charge >= 0.3 is 0 Å². The maximum atomic E-state index is 14.9. The van der Waals surface area contributed by atoms with Crippen molar-refractivity contribution in [2.75, 3.05) is 41.0 Å². The quantitative estimate of drug-likeness (QED) is 0.224. The molecule has 8 rings (SSSR count). The van der Waals surface area contributed by atoms with E-state index in [0.717, 1.165) is 47.9 Å². The molecule has 4 amide bonds. The Morgan fingerprint density at radius 1 is 0.776 bits per heavy atom. The molecule has 1 N–H and O–H groups in total. The molecule has 4 fully saturated rings. The lowest BCUT2D eigenvalue weighted by atomic mass is 9.56. The summed E-state index contributed by atoms with van der Waals surface area (Å²) in [5.74, 6) is -8.64. The number of alkyl halides is 2. The molecule has 3 aromatic carbocycles. The number of fused-ring (bicyclic) bond motifs is 4. The van der Waals surface area contributed by atoms with E-state index in [-0.39, 0.29) is 24.1 Å². The number of hydrogen-bond donors (Lipinski definition) is 1. The Labute approximate surface area is 289 Å².